The van der Waals surface area contributed by atoms with Crippen LogP contribution in [0.1, 0.15) is 50.9 Å². The normalized spacial score (nSPS) is 29.0. The van der Waals surface area contributed by atoms with Crippen molar-refractivity contribution in [3.8, 4) is 0 Å². The standard InChI is InChI=1S/C19H28N2O2/c1-18(2)12-16(19(3,4)23-18)20-15-10-11-21(13-15)17(22)14-8-6-5-7-9-14/h5-9,15-16,20H,10-13H2,1-4H3/t15-,16+/m1/s1. The van der Waals surface area contributed by atoms with Crippen LogP contribution >= 0.6 is 0 Å². The molecular formula is C19H28N2O2. The Balaban J connectivity index is 1.59. The lowest BCUT2D eigenvalue weighted by Gasteiger charge is -2.30. The van der Waals surface area contributed by atoms with Gasteiger partial charge in [0.1, 0.15) is 0 Å². The molecule has 4 nitrogen and oxygen atoms in total. The maximum atomic E-state index is 12.5. The van der Waals surface area contributed by atoms with Crippen molar-refractivity contribution in [1.29, 1.82) is 0 Å². The number of hydrogen-bond donors (Lipinski definition) is 1. The molecule has 0 bridgehead atoms. The number of hydrogen-bond acceptors (Lipinski definition) is 3. The minimum absolute atomic E-state index is 0.0840. The molecule has 0 spiro atoms. The third kappa shape index (κ3) is 3.59. The summed E-state index contributed by atoms with van der Waals surface area (Å²) < 4.78 is 6.16. The smallest absolute Gasteiger partial charge is 0.253 e. The quantitative estimate of drug-likeness (QED) is 0.932. The van der Waals surface area contributed by atoms with E-state index in [2.05, 4.69) is 33.0 Å². The highest BCUT2D eigenvalue weighted by molar-refractivity contribution is 5.94. The lowest BCUT2D eigenvalue weighted by molar-refractivity contribution is -0.0703. The van der Waals surface area contributed by atoms with Gasteiger partial charge in [-0.2, -0.15) is 0 Å². The monoisotopic (exact) mass is 316 g/mol. The van der Waals surface area contributed by atoms with Gasteiger partial charge in [0.15, 0.2) is 0 Å². The molecule has 126 valence electrons. The fourth-order valence-electron chi connectivity index (χ4n) is 3.95. The molecule has 1 aromatic carbocycles. The number of likely N-dealkylation sites (tertiary alicyclic amines) is 1. The second-order valence-electron chi connectivity index (χ2n) is 7.99. The van der Waals surface area contributed by atoms with Crippen molar-refractivity contribution in [2.45, 2.75) is 63.8 Å². The van der Waals surface area contributed by atoms with Gasteiger partial charge < -0.3 is 15.0 Å². The summed E-state index contributed by atoms with van der Waals surface area (Å²) in [5.41, 5.74) is 0.526. The van der Waals surface area contributed by atoms with E-state index in [-0.39, 0.29) is 17.1 Å². The summed E-state index contributed by atoms with van der Waals surface area (Å²) in [6.07, 6.45) is 2.01. The molecule has 0 unspecified atom stereocenters. The van der Waals surface area contributed by atoms with Gasteiger partial charge in [-0.15, -0.1) is 0 Å². The largest absolute Gasteiger partial charge is 0.368 e. The summed E-state index contributed by atoms with van der Waals surface area (Å²) in [6, 6.07) is 10.2. The Kier molecular flexibility index (Phi) is 4.23. The maximum Gasteiger partial charge on any atom is 0.253 e. The third-order valence-electron chi connectivity index (χ3n) is 5.01. The van der Waals surface area contributed by atoms with Gasteiger partial charge in [-0.25, -0.2) is 0 Å². The first-order chi connectivity index (χ1) is 10.8. The molecule has 1 aromatic rings. The van der Waals surface area contributed by atoms with E-state index in [1.165, 1.54) is 0 Å². The number of carbonyl (C=O) groups is 1. The molecule has 0 aliphatic carbocycles. The fraction of sp³-hybridized carbons (Fsp3) is 0.632. The van der Waals surface area contributed by atoms with Gasteiger partial charge in [0.25, 0.3) is 5.91 Å². The Morgan fingerprint density at radius 2 is 1.91 bits per heavy atom. The highest BCUT2D eigenvalue weighted by Gasteiger charge is 2.46. The van der Waals surface area contributed by atoms with E-state index in [1.807, 2.05) is 35.2 Å². The molecule has 3 rings (SSSR count). The molecule has 23 heavy (non-hydrogen) atoms. The van der Waals surface area contributed by atoms with Gasteiger partial charge in [0.05, 0.1) is 11.2 Å². The number of amides is 1. The molecule has 2 heterocycles. The van der Waals surface area contributed by atoms with Crippen LogP contribution in [0.25, 0.3) is 0 Å². The van der Waals surface area contributed by atoms with E-state index in [4.69, 9.17) is 4.74 Å². The minimum atomic E-state index is -0.166. The topological polar surface area (TPSA) is 41.6 Å². The van der Waals surface area contributed by atoms with Crippen molar-refractivity contribution in [2.75, 3.05) is 13.1 Å². The Labute approximate surface area is 139 Å². The van der Waals surface area contributed by atoms with E-state index in [0.29, 0.717) is 12.1 Å². The average molecular weight is 316 g/mol. The molecule has 1 N–H and O–H groups in total. The number of nitrogens with one attached hydrogen (secondary N) is 1. The second kappa shape index (κ2) is 5.91. The van der Waals surface area contributed by atoms with Crippen LogP contribution in [0.2, 0.25) is 0 Å². The fourth-order valence-corrected chi connectivity index (χ4v) is 3.95. The maximum absolute atomic E-state index is 12.5. The summed E-state index contributed by atoms with van der Waals surface area (Å²) in [6.45, 7) is 10.2. The molecule has 2 atom stereocenters. The Hall–Kier alpha value is -1.39. The van der Waals surface area contributed by atoms with Crippen LogP contribution in [0, 0.1) is 0 Å². The highest BCUT2D eigenvalue weighted by atomic mass is 16.5. The number of ether oxygens (including phenoxy) is 1. The van der Waals surface area contributed by atoms with Crippen molar-refractivity contribution in [3.05, 3.63) is 35.9 Å². The van der Waals surface area contributed by atoms with Crippen molar-refractivity contribution >= 4 is 5.91 Å². The first-order valence-electron chi connectivity index (χ1n) is 8.57. The summed E-state index contributed by atoms with van der Waals surface area (Å²) in [5, 5.41) is 3.74. The van der Waals surface area contributed by atoms with Crippen LogP contribution in [0.15, 0.2) is 30.3 Å². The van der Waals surface area contributed by atoms with Crippen molar-refractivity contribution in [3.63, 3.8) is 0 Å². The SMILES string of the molecule is CC1(C)C[C@H](N[C@@H]2CCN(C(=O)c3ccccc3)C2)C(C)(C)O1. The third-order valence-corrected chi connectivity index (χ3v) is 5.01. The predicted octanol–water partition coefficient (Wildman–Crippen LogP) is 2.84. The zero-order valence-electron chi connectivity index (χ0n) is 14.6. The van der Waals surface area contributed by atoms with Gasteiger partial charge in [-0.05, 0) is 52.7 Å². The molecule has 2 fully saturated rings. The zero-order valence-corrected chi connectivity index (χ0v) is 14.6. The van der Waals surface area contributed by atoms with Crippen LogP contribution in [0.3, 0.4) is 0 Å². The number of rotatable bonds is 3. The van der Waals surface area contributed by atoms with Gasteiger partial charge in [-0.1, -0.05) is 18.2 Å². The minimum Gasteiger partial charge on any atom is -0.368 e. The van der Waals surface area contributed by atoms with Crippen LogP contribution in [0.4, 0.5) is 0 Å². The lowest BCUT2D eigenvalue weighted by Crippen LogP contribution is -2.49. The zero-order chi connectivity index (χ0) is 16.7. The van der Waals surface area contributed by atoms with E-state index in [1.54, 1.807) is 0 Å². The van der Waals surface area contributed by atoms with Gasteiger partial charge in [-0.3, -0.25) is 4.79 Å². The Morgan fingerprint density at radius 3 is 2.52 bits per heavy atom. The molecule has 4 heteroatoms. The van der Waals surface area contributed by atoms with E-state index in [0.717, 1.165) is 31.5 Å². The Bertz CT molecular complexity index is 568. The van der Waals surface area contributed by atoms with E-state index >= 15 is 0 Å². The van der Waals surface area contributed by atoms with Gasteiger partial charge in [0, 0.05) is 30.7 Å². The molecule has 2 saturated heterocycles. The molecule has 2 aliphatic heterocycles. The van der Waals surface area contributed by atoms with Crippen LogP contribution in [0.5, 0.6) is 0 Å². The first kappa shape index (κ1) is 16.5. The average Bonchev–Trinajstić information content (AvgIpc) is 3.01. The summed E-state index contributed by atoms with van der Waals surface area (Å²) in [5.74, 6) is 0.136. The second-order valence-corrected chi connectivity index (χ2v) is 7.99. The molecule has 2 aliphatic rings. The number of nitrogens with zero attached hydrogens (tertiary/aromatic N) is 1. The number of carbonyl (C=O) groups excluding carboxylic acids is 1. The lowest BCUT2D eigenvalue weighted by atomic mass is 9.93. The van der Waals surface area contributed by atoms with Gasteiger partial charge in [0.2, 0.25) is 0 Å². The van der Waals surface area contributed by atoms with Crippen LogP contribution in [-0.2, 0) is 4.74 Å². The molecule has 0 aromatic heterocycles. The van der Waals surface area contributed by atoms with Crippen molar-refractivity contribution in [1.82, 2.24) is 10.2 Å². The predicted molar refractivity (Wildman–Crippen MR) is 91.5 cm³/mol. The van der Waals surface area contributed by atoms with Gasteiger partial charge >= 0.3 is 0 Å². The van der Waals surface area contributed by atoms with Crippen LogP contribution < -0.4 is 5.32 Å². The first-order valence-corrected chi connectivity index (χ1v) is 8.57. The molecular weight excluding hydrogens is 288 g/mol. The molecule has 0 radical (unpaired) electrons. The van der Waals surface area contributed by atoms with E-state index < -0.39 is 0 Å². The van der Waals surface area contributed by atoms with E-state index in [9.17, 15) is 4.79 Å². The Morgan fingerprint density at radius 1 is 1.22 bits per heavy atom. The van der Waals surface area contributed by atoms with Crippen LogP contribution in [-0.4, -0.2) is 47.2 Å². The highest BCUT2D eigenvalue weighted by Crippen LogP contribution is 2.37. The molecule has 0 saturated carbocycles. The number of benzene rings is 1. The summed E-state index contributed by atoms with van der Waals surface area (Å²) in [7, 11) is 0. The van der Waals surface area contributed by atoms with Crippen molar-refractivity contribution in [2.24, 2.45) is 0 Å². The van der Waals surface area contributed by atoms with Crippen molar-refractivity contribution < 1.29 is 9.53 Å². The summed E-state index contributed by atoms with van der Waals surface area (Å²) in [4.78, 5) is 14.5. The molecule has 1 amide bonds. The summed E-state index contributed by atoms with van der Waals surface area (Å²) >= 11 is 0.